The van der Waals surface area contributed by atoms with E-state index in [4.69, 9.17) is 28.9 Å². The van der Waals surface area contributed by atoms with E-state index in [1.807, 2.05) is 0 Å². The van der Waals surface area contributed by atoms with Crippen molar-refractivity contribution in [1.82, 2.24) is 0 Å². The fraction of sp³-hybridized carbons (Fsp3) is 0.462. The van der Waals surface area contributed by atoms with Gasteiger partial charge in [0.2, 0.25) is 5.91 Å². The minimum absolute atomic E-state index is 0.0586. The molecule has 3 N–H and O–H groups in total. The second kappa shape index (κ2) is 5.91. The van der Waals surface area contributed by atoms with Gasteiger partial charge in [0.05, 0.1) is 21.7 Å². The van der Waals surface area contributed by atoms with Gasteiger partial charge in [0.15, 0.2) is 0 Å². The number of rotatable bonds is 2. The van der Waals surface area contributed by atoms with E-state index < -0.39 is 0 Å². The summed E-state index contributed by atoms with van der Waals surface area (Å²) in [6, 6.07) is 5.12. The Morgan fingerprint density at radius 1 is 1.28 bits per heavy atom. The molecule has 1 fully saturated rings. The van der Waals surface area contributed by atoms with Crippen LogP contribution in [0.3, 0.4) is 0 Å². The number of anilines is 1. The van der Waals surface area contributed by atoms with Crippen LogP contribution in [0.25, 0.3) is 0 Å². The van der Waals surface area contributed by atoms with Gasteiger partial charge in [0.1, 0.15) is 0 Å². The zero-order valence-corrected chi connectivity index (χ0v) is 11.5. The Labute approximate surface area is 117 Å². The van der Waals surface area contributed by atoms with E-state index in [1.54, 1.807) is 18.2 Å². The van der Waals surface area contributed by atoms with E-state index >= 15 is 0 Å². The number of amides is 1. The third kappa shape index (κ3) is 2.97. The summed E-state index contributed by atoms with van der Waals surface area (Å²) in [6.07, 6.45) is 3.89. The molecule has 2 rings (SSSR count). The predicted molar refractivity (Wildman–Crippen MR) is 75.0 cm³/mol. The summed E-state index contributed by atoms with van der Waals surface area (Å²) in [7, 11) is 0. The second-order valence-electron chi connectivity index (χ2n) is 4.65. The Morgan fingerprint density at radius 2 is 2.00 bits per heavy atom. The van der Waals surface area contributed by atoms with Crippen LogP contribution in [-0.4, -0.2) is 11.9 Å². The highest BCUT2D eigenvalue weighted by Gasteiger charge is 2.28. The van der Waals surface area contributed by atoms with Gasteiger partial charge in [-0.1, -0.05) is 42.1 Å². The van der Waals surface area contributed by atoms with Crippen molar-refractivity contribution < 1.29 is 4.79 Å². The maximum atomic E-state index is 12.1. The number of hydrogen-bond acceptors (Lipinski definition) is 2. The number of halogens is 2. The van der Waals surface area contributed by atoms with E-state index in [1.165, 1.54) is 0 Å². The lowest BCUT2D eigenvalue weighted by atomic mass is 9.84. The minimum atomic E-state index is -0.131. The summed E-state index contributed by atoms with van der Waals surface area (Å²) < 4.78 is 0. The smallest absolute Gasteiger partial charge is 0.229 e. The van der Waals surface area contributed by atoms with E-state index in [0.717, 1.165) is 25.7 Å². The van der Waals surface area contributed by atoms with E-state index in [9.17, 15) is 4.79 Å². The van der Waals surface area contributed by atoms with Crippen molar-refractivity contribution in [3.63, 3.8) is 0 Å². The van der Waals surface area contributed by atoms with Crippen molar-refractivity contribution in [2.75, 3.05) is 5.32 Å². The molecule has 1 aliphatic carbocycles. The van der Waals surface area contributed by atoms with E-state index in [-0.39, 0.29) is 17.9 Å². The molecule has 98 valence electrons. The molecule has 1 saturated carbocycles. The number of carbonyl (C=O) groups excluding carboxylic acids is 1. The molecule has 2 unspecified atom stereocenters. The standard InChI is InChI=1S/C13H16Cl2N2O/c14-9-5-3-7-11(12(9)15)17-13(18)8-4-1-2-6-10(8)16/h3,5,7-8,10H,1-2,4,6,16H2,(H,17,18). The summed E-state index contributed by atoms with van der Waals surface area (Å²) in [5, 5.41) is 3.62. The Balaban J connectivity index is 2.09. The van der Waals surface area contributed by atoms with E-state index in [2.05, 4.69) is 5.32 Å². The molecule has 3 nitrogen and oxygen atoms in total. The normalized spacial score (nSPS) is 23.7. The molecule has 2 atom stereocenters. The van der Waals surface area contributed by atoms with Crippen LogP contribution in [-0.2, 0) is 4.79 Å². The molecule has 0 heterocycles. The Kier molecular flexibility index (Phi) is 4.49. The molecular weight excluding hydrogens is 271 g/mol. The summed E-state index contributed by atoms with van der Waals surface area (Å²) in [4.78, 5) is 12.1. The molecule has 1 aliphatic rings. The van der Waals surface area contributed by atoms with Gasteiger partial charge >= 0.3 is 0 Å². The van der Waals surface area contributed by atoms with Crippen LogP contribution in [0.4, 0.5) is 5.69 Å². The van der Waals surface area contributed by atoms with Gasteiger partial charge in [-0.15, -0.1) is 0 Å². The first-order chi connectivity index (χ1) is 8.59. The molecule has 1 aromatic carbocycles. The first kappa shape index (κ1) is 13.7. The fourth-order valence-electron chi connectivity index (χ4n) is 2.31. The quantitative estimate of drug-likeness (QED) is 0.875. The van der Waals surface area contributed by atoms with Gasteiger partial charge in [-0.05, 0) is 25.0 Å². The van der Waals surface area contributed by atoms with Crippen molar-refractivity contribution >= 4 is 34.8 Å². The third-order valence-corrected chi connectivity index (χ3v) is 4.18. The van der Waals surface area contributed by atoms with Crippen LogP contribution in [0.15, 0.2) is 18.2 Å². The highest BCUT2D eigenvalue weighted by atomic mass is 35.5. The topological polar surface area (TPSA) is 55.1 Å². The molecule has 0 radical (unpaired) electrons. The van der Waals surface area contributed by atoms with Gasteiger partial charge < -0.3 is 11.1 Å². The molecule has 1 aromatic rings. The zero-order chi connectivity index (χ0) is 13.1. The van der Waals surface area contributed by atoms with Crippen molar-refractivity contribution in [2.24, 2.45) is 11.7 Å². The fourth-order valence-corrected chi connectivity index (χ4v) is 2.66. The monoisotopic (exact) mass is 286 g/mol. The third-order valence-electron chi connectivity index (χ3n) is 3.37. The molecular formula is C13H16Cl2N2O. The molecule has 0 spiro atoms. The Morgan fingerprint density at radius 3 is 2.72 bits per heavy atom. The van der Waals surface area contributed by atoms with Gasteiger partial charge in [-0.25, -0.2) is 0 Å². The molecule has 5 heteroatoms. The van der Waals surface area contributed by atoms with Gasteiger partial charge in [0, 0.05) is 6.04 Å². The summed E-state index contributed by atoms with van der Waals surface area (Å²) in [5.41, 5.74) is 6.53. The van der Waals surface area contributed by atoms with Crippen LogP contribution >= 0.6 is 23.2 Å². The molecule has 0 saturated heterocycles. The lowest BCUT2D eigenvalue weighted by Gasteiger charge is -2.27. The maximum Gasteiger partial charge on any atom is 0.229 e. The Bertz CT molecular complexity index is 451. The van der Waals surface area contributed by atoms with Gasteiger partial charge in [-0.3, -0.25) is 4.79 Å². The average molecular weight is 287 g/mol. The number of hydrogen-bond donors (Lipinski definition) is 2. The zero-order valence-electron chi connectivity index (χ0n) is 9.96. The first-order valence-electron chi connectivity index (χ1n) is 6.10. The van der Waals surface area contributed by atoms with Crippen LogP contribution in [0.2, 0.25) is 10.0 Å². The SMILES string of the molecule is NC1CCCCC1C(=O)Nc1cccc(Cl)c1Cl. The average Bonchev–Trinajstić information content (AvgIpc) is 2.35. The highest BCUT2D eigenvalue weighted by Crippen LogP contribution is 2.31. The van der Waals surface area contributed by atoms with Crippen LogP contribution in [0.5, 0.6) is 0 Å². The minimum Gasteiger partial charge on any atom is -0.327 e. The molecule has 18 heavy (non-hydrogen) atoms. The van der Waals surface area contributed by atoms with Crippen molar-refractivity contribution in [2.45, 2.75) is 31.7 Å². The number of carbonyl (C=O) groups is 1. The summed E-state index contributed by atoms with van der Waals surface area (Å²) >= 11 is 11.9. The molecule has 0 aromatic heterocycles. The molecule has 0 aliphatic heterocycles. The predicted octanol–water partition coefficient (Wildman–Crippen LogP) is 3.45. The van der Waals surface area contributed by atoms with Crippen LogP contribution < -0.4 is 11.1 Å². The summed E-state index contributed by atoms with van der Waals surface area (Å²) in [6.45, 7) is 0. The highest BCUT2D eigenvalue weighted by molar-refractivity contribution is 6.44. The lowest BCUT2D eigenvalue weighted by molar-refractivity contribution is -0.121. The van der Waals surface area contributed by atoms with Gasteiger partial charge in [0.25, 0.3) is 0 Å². The largest absolute Gasteiger partial charge is 0.327 e. The summed E-state index contributed by atoms with van der Waals surface area (Å²) in [5.74, 6) is -0.194. The van der Waals surface area contributed by atoms with Crippen molar-refractivity contribution in [3.05, 3.63) is 28.2 Å². The number of nitrogens with one attached hydrogen (secondary N) is 1. The van der Waals surface area contributed by atoms with Crippen molar-refractivity contribution in [3.8, 4) is 0 Å². The van der Waals surface area contributed by atoms with Gasteiger partial charge in [-0.2, -0.15) is 0 Å². The van der Waals surface area contributed by atoms with Crippen molar-refractivity contribution in [1.29, 1.82) is 0 Å². The molecule has 1 amide bonds. The second-order valence-corrected chi connectivity index (χ2v) is 5.43. The van der Waals surface area contributed by atoms with Crippen LogP contribution in [0, 0.1) is 5.92 Å². The lowest BCUT2D eigenvalue weighted by Crippen LogP contribution is -2.40. The van der Waals surface area contributed by atoms with Crippen LogP contribution in [0.1, 0.15) is 25.7 Å². The maximum absolute atomic E-state index is 12.1. The number of nitrogens with two attached hydrogens (primary N) is 1. The first-order valence-corrected chi connectivity index (χ1v) is 6.85. The van der Waals surface area contributed by atoms with E-state index in [0.29, 0.717) is 15.7 Å². The number of benzene rings is 1. The Hall–Kier alpha value is -0.770. The molecule has 0 bridgehead atoms.